The van der Waals surface area contributed by atoms with Gasteiger partial charge in [-0.3, -0.25) is 9.59 Å². The molecule has 7 heteroatoms. The van der Waals surface area contributed by atoms with Crippen LogP contribution in [-0.4, -0.2) is 18.0 Å². The van der Waals surface area contributed by atoms with E-state index in [-0.39, 0.29) is 12.4 Å². The Kier molecular flexibility index (Phi) is 6.89. The molecule has 0 unspecified atom stereocenters. The fourth-order valence-electron chi connectivity index (χ4n) is 2.47. The molecule has 0 heterocycles. The molecule has 2 N–H and O–H groups in total. The lowest BCUT2D eigenvalue weighted by atomic mass is 10.2. The minimum atomic E-state index is -0.879. The van der Waals surface area contributed by atoms with E-state index in [0.29, 0.717) is 17.0 Å². The van der Waals surface area contributed by atoms with Crippen molar-refractivity contribution in [3.05, 3.63) is 95.3 Å². The van der Waals surface area contributed by atoms with Gasteiger partial charge in [-0.1, -0.05) is 42.0 Å². The van der Waals surface area contributed by atoms with E-state index in [2.05, 4.69) is 15.8 Å². The maximum Gasteiger partial charge on any atom is 0.329 e. The quantitative estimate of drug-likeness (QED) is 0.372. The molecule has 0 spiro atoms. The van der Waals surface area contributed by atoms with E-state index in [1.807, 2.05) is 19.1 Å². The monoisotopic (exact) mass is 405 g/mol. The van der Waals surface area contributed by atoms with E-state index in [1.54, 1.807) is 48.5 Å². The van der Waals surface area contributed by atoms with Crippen LogP contribution in [0.1, 0.15) is 16.7 Å². The van der Waals surface area contributed by atoms with Gasteiger partial charge < -0.3 is 10.1 Å². The van der Waals surface area contributed by atoms with Gasteiger partial charge in [0.1, 0.15) is 18.2 Å². The molecule has 0 aliphatic heterocycles. The van der Waals surface area contributed by atoms with Crippen LogP contribution in [0.5, 0.6) is 5.75 Å². The number of amides is 2. The van der Waals surface area contributed by atoms with Crippen molar-refractivity contribution in [1.29, 1.82) is 0 Å². The van der Waals surface area contributed by atoms with E-state index in [4.69, 9.17) is 4.74 Å². The SMILES string of the molecule is Cc1ccc(NC(=O)C(=O)N/N=C\c2cccc(OCc3ccc(F)cc3)c2)cc1. The van der Waals surface area contributed by atoms with Crippen LogP contribution in [0.4, 0.5) is 10.1 Å². The number of hydrogen-bond donors (Lipinski definition) is 2. The molecule has 0 aromatic heterocycles. The minimum Gasteiger partial charge on any atom is -0.489 e. The molecule has 0 aliphatic carbocycles. The van der Waals surface area contributed by atoms with E-state index >= 15 is 0 Å². The van der Waals surface area contributed by atoms with Crippen LogP contribution in [0.25, 0.3) is 0 Å². The molecule has 0 bridgehead atoms. The Hall–Kier alpha value is -4.00. The fraction of sp³-hybridized carbons (Fsp3) is 0.0870. The number of halogens is 1. The molecule has 0 saturated heterocycles. The lowest BCUT2D eigenvalue weighted by molar-refractivity contribution is -0.136. The Morgan fingerprint density at radius 3 is 2.47 bits per heavy atom. The zero-order valence-corrected chi connectivity index (χ0v) is 16.3. The van der Waals surface area contributed by atoms with Crippen molar-refractivity contribution >= 4 is 23.7 Å². The Morgan fingerprint density at radius 2 is 1.73 bits per heavy atom. The summed E-state index contributed by atoms with van der Waals surface area (Å²) < 4.78 is 18.6. The molecule has 6 nitrogen and oxygen atoms in total. The zero-order chi connectivity index (χ0) is 21.3. The van der Waals surface area contributed by atoms with Crippen LogP contribution in [0.3, 0.4) is 0 Å². The van der Waals surface area contributed by atoms with Crippen molar-refractivity contribution in [2.24, 2.45) is 5.10 Å². The average Bonchev–Trinajstić information content (AvgIpc) is 2.75. The molecule has 3 aromatic rings. The third-order valence-electron chi connectivity index (χ3n) is 4.07. The smallest absolute Gasteiger partial charge is 0.329 e. The van der Waals surface area contributed by atoms with Crippen molar-refractivity contribution in [3.8, 4) is 5.75 Å². The van der Waals surface area contributed by atoms with Crippen molar-refractivity contribution in [3.63, 3.8) is 0 Å². The van der Waals surface area contributed by atoms with Crippen LogP contribution >= 0.6 is 0 Å². The Balaban J connectivity index is 1.51. The largest absolute Gasteiger partial charge is 0.489 e. The van der Waals surface area contributed by atoms with Gasteiger partial charge in [-0.15, -0.1) is 0 Å². The lowest BCUT2D eigenvalue weighted by Gasteiger charge is -2.07. The van der Waals surface area contributed by atoms with Gasteiger partial charge in [0.2, 0.25) is 0 Å². The number of hydrazone groups is 1. The fourth-order valence-corrected chi connectivity index (χ4v) is 2.47. The summed E-state index contributed by atoms with van der Waals surface area (Å²) in [6, 6.07) is 20.2. The van der Waals surface area contributed by atoms with Gasteiger partial charge in [0, 0.05) is 5.69 Å². The molecular weight excluding hydrogens is 385 g/mol. The Bertz CT molecular complexity index is 1050. The normalized spacial score (nSPS) is 10.6. The number of hydrogen-bond acceptors (Lipinski definition) is 4. The summed E-state index contributed by atoms with van der Waals surface area (Å²) in [6.45, 7) is 2.21. The highest BCUT2D eigenvalue weighted by Crippen LogP contribution is 2.14. The van der Waals surface area contributed by atoms with Crippen LogP contribution in [0.2, 0.25) is 0 Å². The Labute approximate surface area is 173 Å². The van der Waals surface area contributed by atoms with Gasteiger partial charge >= 0.3 is 11.8 Å². The first kappa shape index (κ1) is 20.7. The molecule has 30 heavy (non-hydrogen) atoms. The maximum atomic E-state index is 12.9. The molecule has 0 saturated carbocycles. The topological polar surface area (TPSA) is 79.8 Å². The first-order valence-corrected chi connectivity index (χ1v) is 9.18. The molecule has 3 aromatic carbocycles. The average molecular weight is 405 g/mol. The second-order valence-electron chi connectivity index (χ2n) is 6.51. The third-order valence-corrected chi connectivity index (χ3v) is 4.07. The van der Waals surface area contributed by atoms with E-state index < -0.39 is 11.8 Å². The second-order valence-corrected chi connectivity index (χ2v) is 6.51. The number of benzene rings is 3. The number of carbonyl (C=O) groups is 2. The van der Waals surface area contributed by atoms with Crippen LogP contribution in [0.15, 0.2) is 77.9 Å². The standard InChI is InChI=1S/C23H20FN3O3/c1-16-5-11-20(12-6-16)26-22(28)23(29)27-25-14-18-3-2-4-21(13-18)30-15-17-7-9-19(24)10-8-17/h2-14H,15H2,1H3,(H,26,28)(H,27,29)/b25-14-. The summed E-state index contributed by atoms with van der Waals surface area (Å²) in [7, 11) is 0. The first-order valence-electron chi connectivity index (χ1n) is 9.18. The molecule has 0 atom stereocenters. The third kappa shape index (κ3) is 6.27. The van der Waals surface area contributed by atoms with Gasteiger partial charge in [0.15, 0.2) is 0 Å². The minimum absolute atomic E-state index is 0.288. The lowest BCUT2D eigenvalue weighted by Crippen LogP contribution is -2.32. The van der Waals surface area contributed by atoms with Crippen molar-refractivity contribution < 1.29 is 18.7 Å². The van der Waals surface area contributed by atoms with Crippen molar-refractivity contribution in [2.75, 3.05) is 5.32 Å². The van der Waals surface area contributed by atoms with E-state index in [9.17, 15) is 14.0 Å². The number of carbonyl (C=O) groups excluding carboxylic acids is 2. The number of nitrogens with zero attached hydrogens (tertiary/aromatic N) is 1. The molecule has 3 rings (SSSR count). The zero-order valence-electron chi connectivity index (χ0n) is 16.3. The van der Waals surface area contributed by atoms with E-state index in [1.165, 1.54) is 18.3 Å². The van der Waals surface area contributed by atoms with Gasteiger partial charge in [-0.2, -0.15) is 5.10 Å². The highest BCUT2D eigenvalue weighted by atomic mass is 19.1. The summed E-state index contributed by atoms with van der Waals surface area (Å²) in [5.74, 6) is -1.40. The highest BCUT2D eigenvalue weighted by molar-refractivity contribution is 6.39. The second kappa shape index (κ2) is 9.97. The number of nitrogens with one attached hydrogen (secondary N) is 2. The van der Waals surface area contributed by atoms with Gasteiger partial charge in [0.25, 0.3) is 0 Å². The molecule has 0 aliphatic rings. The van der Waals surface area contributed by atoms with Crippen LogP contribution in [-0.2, 0) is 16.2 Å². The van der Waals surface area contributed by atoms with Gasteiger partial charge in [0.05, 0.1) is 6.21 Å². The predicted molar refractivity (Wildman–Crippen MR) is 113 cm³/mol. The van der Waals surface area contributed by atoms with Crippen molar-refractivity contribution in [1.82, 2.24) is 5.43 Å². The number of aryl methyl sites for hydroxylation is 1. The highest BCUT2D eigenvalue weighted by Gasteiger charge is 2.12. The molecule has 0 fully saturated rings. The summed E-state index contributed by atoms with van der Waals surface area (Å²) in [6.07, 6.45) is 1.40. The van der Waals surface area contributed by atoms with E-state index in [0.717, 1.165) is 11.1 Å². The summed E-state index contributed by atoms with van der Waals surface area (Å²) >= 11 is 0. The van der Waals surface area contributed by atoms with Crippen molar-refractivity contribution in [2.45, 2.75) is 13.5 Å². The Morgan fingerprint density at radius 1 is 1.00 bits per heavy atom. The number of ether oxygens (including phenoxy) is 1. The summed E-state index contributed by atoms with van der Waals surface area (Å²) in [4.78, 5) is 23.8. The number of anilines is 1. The maximum absolute atomic E-state index is 12.9. The molecule has 2 amide bonds. The van der Waals surface area contributed by atoms with Gasteiger partial charge in [-0.05, 0) is 54.4 Å². The van der Waals surface area contributed by atoms with Crippen LogP contribution in [0, 0.1) is 12.7 Å². The predicted octanol–water partition coefficient (Wildman–Crippen LogP) is 3.80. The summed E-state index contributed by atoms with van der Waals surface area (Å²) in [5.41, 5.74) is 5.27. The van der Waals surface area contributed by atoms with Gasteiger partial charge in [-0.25, -0.2) is 9.82 Å². The molecule has 152 valence electrons. The molecular formula is C23H20FN3O3. The molecule has 0 radical (unpaired) electrons. The summed E-state index contributed by atoms with van der Waals surface area (Å²) in [5, 5.41) is 6.30. The first-order chi connectivity index (χ1) is 14.5. The number of rotatable bonds is 6. The van der Waals surface area contributed by atoms with Crippen LogP contribution < -0.4 is 15.5 Å².